The Morgan fingerprint density at radius 1 is 1.30 bits per heavy atom. The predicted octanol–water partition coefficient (Wildman–Crippen LogP) is 2.97. The smallest absolute Gasteiger partial charge is 0.254 e. The fourth-order valence-corrected chi connectivity index (χ4v) is 3.78. The quantitative estimate of drug-likeness (QED) is 0.619. The van der Waals surface area contributed by atoms with Crippen molar-refractivity contribution >= 4 is 11.7 Å². The van der Waals surface area contributed by atoms with Crippen LogP contribution in [0, 0.1) is 18.3 Å². The van der Waals surface area contributed by atoms with Crippen LogP contribution < -0.4 is 10.5 Å². The normalized spacial score (nSPS) is 15.9. The third-order valence-corrected chi connectivity index (χ3v) is 5.31. The van der Waals surface area contributed by atoms with E-state index in [0.29, 0.717) is 33.8 Å². The zero-order valence-corrected chi connectivity index (χ0v) is 17.3. The van der Waals surface area contributed by atoms with Crippen molar-refractivity contribution in [3.63, 3.8) is 0 Å². The number of pyridine rings is 1. The molecule has 8 nitrogen and oxygen atoms in total. The largest absolute Gasteiger partial charge is 0.482 e. The van der Waals surface area contributed by atoms with Crippen molar-refractivity contribution in [2.24, 2.45) is 7.05 Å². The van der Waals surface area contributed by atoms with E-state index in [1.807, 2.05) is 32.0 Å². The Morgan fingerprint density at radius 2 is 2.07 bits per heavy atom. The molecule has 0 fully saturated rings. The molecule has 30 heavy (non-hydrogen) atoms. The number of nitrogen functional groups attached to an aromatic ring is 1. The van der Waals surface area contributed by atoms with Crippen LogP contribution >= 0.6 is 0 Å². The Bertz CT molecular complexity index is 1210. The van der Waals surface area contributed by atoms with Gasteiger partial charge in [-0.25, -0.2) is 4.98 Å². The fourth-order valence-electron chi connectivity index (χ4n) is 3.78. The molecule has 1 aliphatic rings. The van der Waals surface area contributed by atoms with Gasteiger partial charge in [0, 0.05) is 42.5 Å². The van der Waals surface area contributed by atoms with Crippen LogP contribution in [0.25, 0.3) is 11.1 Å². The number of aromatic nitrogens is 3. The van der Waals surface area contributed by atoms with Gasteiger partial charge < -0.3 is 15.4 Å². The van der Waals surface area contributed by atoms with Crippen LogP contribution in [-0.4, -0.2) is 32.6 Å². The van der Waals surface area contributed by atoms with Crippen LogP contribution in [0.5, 0.6) is 5.75 Å². The summed E-state index contributed by atoms with van der Waals surface area (Å²) in [4.78, 5) is 19.2. The number of ether oxygens (including phenoxy) is 1. The zero-order valence-electron chi connectivity index (χ0n) is 17.3. The lowest BCUT2D eigenvalue weighted by Gasteiger charge is -2.24. The molecule has 1 aromatic carbocycles. The molecule has 4 rings (SSSR count). The van der Waals surface area contributed by atoms with Crippen LogP contribution in [0.1, 0.15) is 45.9 Å². The van der Waals surface area contributed by atoms with Gasteiger partial charge in [-0.1, -0.05) is 17.7 Å². The second kappa shape index (κ2) is 7.19. The molecular formula is C22H22N6O2. The second-order valence-corrected chi connectivity index (χ2v) is 7.53. The van der Waals surface area contributed by atoms with E-state index in [-0.39, 0.29) is 18.3 Å². The number of amides is 1. The van der Waals surface area contributed by atoms with Crippen molar-refractivity contribution in [2.45, 2.75) is 26.5 Å². The highest BCUT2D eigenvalue weighted by molar-refractivity contribution is 5.96. The number of carbonyl (C=O) groups is 1. The maximum atomic E-state index is 13.3. The summed E-state index contributed by atoms with van der Waals surface area (Å²) in [6.07, 6.45) is 1.17. The molecule has 3 aromatic rings. The van der Waals surface area contributed by atoms with E-state index in [0.717, 1.165) is 11.1 Å². The molecule has 0 unspecified atom stereocenters. The molecule has 0 aliphatic carbocycles. The number of hydrogen-bond acceptors (Lipinski definition) is 6. The number of nitrogens with two attached hydrogens (primary N) is 1. The molecule has 0 spiro atoms. The zero-order chi connectivity index (χ0) is 21.6. The van der Waals surface area contributed by atoms with Gasteiger partial charge in [-0.05, 0) is 26.0 Å². The third-order valence-electron chi connectivity index (χ3n) is 5.31. The first-order chi connectivity index (χ1) is 14.3. The number of benzene rings is 1. The Morgan fingerprint density at radius 3 is 2.80 bits per heavy atom. The highest BCUT2D eigenvalue weighted by atomic mass is 16.5. The van der Waals surface area contributed by atoms with Crippen LogP contribution in [0.3, 0.4) is 0 Å². The summed E-state index contributed by atoms with van der Waals surface area (Å²) in [7, 11) is 3.42. The topological polar surface area (TPSA) is 110 Å². The maximum absolute atomic E-state index is 13.3. The summed E-state index contributed by atoms with van der Waals surface area (Å²) >= 11 is 0. The average Bonchev–Trinajstić information content (AvgIpc) is 3.03. The van der Waals surface area contributed by atoms with Gasteiger partial charge in [-0.3, -0.25) is 9.48 Å². The molecule has 1 amide bonds. The van der Waals surface area contributed by atoms with Gasteiger partial charge in [-0.2, -0.15) is 10.4 Å². The fraction of sp³-hybridized carbons (Fsp3) is 0.273. The van der Waals surface area contributed by atoms with E-state index in [1.165, 1.54) is 4.68 Å². The Hall–Kier alpha value is -3.86. The van der Waals surface area contributed by atoms with E-state index < -0.39 is 6.10 Å². The first kappa shape index (κ1) is 19.5. The number of carbonyl (C=O) groups excluding carboxylic acids is 1. The molecule has 8 heteroatoms. The molecule has 0 saturated heterocycles. The van der Waals surface area contributed by atoms with E-state index >= 15 is 0 Å². The maximum Gasteiger partial charge on any atom is 0.254 e. The molecule has 2 N–H and O–H groups in total. The molecule has 3 heterocycles. The molecule has 1 aliphatic heterocycles. The highest BCUT2D eigenvalue weighted by Gasteiger charge is 2.26. The van der Waals surface area contributed by atoms with E-state index in [2.05, 4.69) is 16.2 Å². The molecule has 1 atom stereocenters. The van der Waals surface area contributed by atoms with Gasteiger partial charge in [0.15, 0.2) is 11.6 Å². The van der Waals surface area contributed by atoms with Crippen molar-refractivity contribution in [1.82, 2.24) is 19.7 Å². The summed E-state index contributed by atoms with van der Waals surface area (Å²) in [5, 5.41) is 14.2. The minimum Gasteiger partial charge on any atom is -0.482 e. The van der Waals surface area contributed by atoms with Gasteiger partial charge in [-0.15, -0.1) is 0 Å². The van der Waals surface area contributed by atoms with Gasteiger partial charge in [0.1, 0.15) is 17.9 Å². The van der Waals surface area contributed by atoms with Crippen LogP contribution in [0.4, 0.5) is 5.82 Å². The Balaban J connectivity index is 1.98. The molecular weight excluding hydrogens is 380 g/mol. The monoisotopic (exact) mass is 402 g/mol. The number of anilines is 1. The van der Waals surface area contributed by atoms with Crippen molar-refractivity contribution in [3.05, 3.63) is 58.5 Å². The molecule has 2 bridgehead atoms. The lowest BCUT2D eigenvalue weighted by Crippen LogP contribution is -2.28. The predicted molar refractivity (Wildman–Crippen MR) is 112 cm³/mol. The highest BCUT2D eigenvalue weighted by Crippen LogP contribution is 2.35. The van der Waals surface area contributed by atoms with Crippen molar-refractivity contribution in [1.29, 1.82) is 5.26 Å². The van der Waals surface area contributed by atoms with Gasteiger partial charge >= 0.3 is 0 Å². The molecule has 2 aromatic heterocycles. The van der Waals surface area contributed by atoms with Gasteiger partial charge in [0.25, 0.3) is 5.91 Å². The first-order valence-corrected chi connectivity index (χ1v) is 9.54. The molecule has 0 saturated carbocycles. The first-order valence-electron chi connectivity index (χ1n) is 9.54. The van der Waals surface area contributed by atoms with E-state index in [1.54, 1.807) is 31.3 Å². The van der Waals surface area contributed by atoms with Crippen LogP contribution in [0.2, 0.25) is 0 Å². The molecule has 152 valence electrons. The summed E-state index contributed by atoms with van der Waals surface area (Å²) in [5.41, 5.74) is 10.7. The number of nitriles is 1. The number of hydrogen-bond donors (Lipinski definition) is 1. The Labute approximate surface area is 174 Å². The lowest BCUT2D eigenvalue weighted by atomic mass is 9.98. The number of aryl methyl sites for hydroxylation is 2. The molecule has 0 radical (unpaired) electrons. The van der Waals surface area contributed by atoms with Crippen molar-refractivity contribution in [2.75, 3.05) is 12.8 Å². The van der Waals surface area contributed by atoms with Crippen LogP contribution in [-0.2, 0) is 13.6 Å². The number of rotatable bonds is 0. The average molecular weight is 402 g/mol. The van der Waals surface area contributed by atoms with Crippen molar-refractivity contribution in [3.8, 4) is 22.9 Å². The number of nitrogens with zero attached hydrogens (tertiary/aromatic N) is 5. The van der Waals surface area contributed by atoms with E-state index in [4.69, 9.17) is 10.5 Å². The van der Waals surface area contributed by atoms with Crippen molar-refractivity contribution < 1.29 is 9.53 Å². The summed E-state index contributed by atoms with van der Waals surface area (Å²) in [6.45, 7) is 4.09. The SMILES string of the molecule is Cc1ccc2c(c1)[C@@H](C)Oc1cc(cnc1N)-c1c(nn(C)c1C#N)CN(C)C2=O. The second-order valence-electron chi connectivity index (χ2n) is 7.53. The van der Waals surface area contributed by atoms with E-state index in [9.17, 15) is 10.1 Å². The van der Waals surface area contributed by atoms with Crippen LogP contribution in [0.15, 0.2) is 30.5 Å². The summed E-state index contributed by atoms with van der Waals surface area (Å²) < 4.78 is 7.66. The summed E-state index contributed by atoms with van der Waals surface area (Å²) in [6, 6.07) is 9.63. The minimum absolute atomic E-state index is 0.147. The van der Waals surface area contributed by atoms with Gasteiger partial charge in [0.05, 0.1) is 12.2 Å². The summed E-state index contributed by atoms with van der Waals surface area (Å²) in [5.74, 6) is 0.489. The van der Waals surface area contributed by atoms with Gasteiger partial charge in [0.2, 0.25) is 0 Å². The lowest BCUT2D eigenvalue weighted by molar-refractivity contribution is 0.0778. The third kappa shape index (κ3) is 3.14. The minimum atomic E-state index is -0.431. The number of fused-ring (bicyclic) bond motifs is 5. The standard InChI is InChI=1S/C22H22N6O2/c1-12-5-6-15-16(7-12)13(2)30-19-8-14(10-25-21(19)24)20-17(11-27(3)22(15)29)26-28(4)18(20)9-23/h5-8,10,13H,11H2,1-4H3,(H2,24,25)/t13-/m1/s1. The Kier molecular flexibility index (Phi) is 4.66.